The van der Waals surface area contributed by atoms with E-state index in [1.165, 1.54) is 0 Å². The number of amides is 2. The number of nitrogens with one attached hydrogen (secondary N) is 2. The molecule has 0 bridgehead atoms. The minimum absolute atomic E-state index is 0.0269. The molecule has 2 N–H and O–H groups in total. The lowest BCUT2D eigenvalue weighted by atomic mass is 10.1. The number of carbonyl (C=O) groups excluding carboxylic acids is 1. The van der Waals surface area contributed by atoms with Gasteiger partial charge in [-0.3, -0.25) is 0 Å². The average molecular weight is 157 g/mol. The molecule has 0 unspecified atom stereocenters. The third-order valence-corrected chi connectivity index (χ3v) is 1.96. The van der Waals surface area contributed by atoms with Crippen molar-refractivity contribution >= 4 is 6.03 Å². The molecular weight excluding hydrogens is 142 g/mol. The maximum absolute atomic E-state index is 11.2. The van der Waals surface area contributed by atoms with Gasteiger partial charge in [-0.25, -0.2) is 4.79 Å². The van der Waals surface area contributed by atoms with Crippen LogP contribution in [0.25, 0.3) is 0 Å². The largest absolute Gasteiger partial charge is 0.338 e. The zero-order valence-electron chi connectivity index (χ0n) is 7.05. The predicted molar refractivity (Wildman–Crippen MR) is 43.5 cm³/mol. The molecule has 0 radical (unpaired) electrons. The van der Waals surface area contributed by atoms with Crippen LogP contribution in [0.3, 0.4) is 0 Å². The lowest BCUT2D eigenvalue weighted by Crippen LogP contribution is -2.59. The summed E-state index contributed by atoms with van der Waals surface area (Å²) in [6.07, 6.45) is 0. The highest BCUT2D eigenvalue weighted by Crippen LogP contribution is 2.01. The summed E-state index contributed by atoms with van der Waals surface area (Å²) in [6.45, 7) is 4.47. The SMILES string of the molecule is CCNC(=O)N(C)C1CNC1. The molecule has 1 heterocycles. The summed E-state index contributed by atoms with van der Waals surface area (Å²) in [7, 11) is 1.83. The molecule has 1 aliphatic heterocycles. The predicted octanol–water partition coefficient (Wildman–Crippen LogP) is -0.380. The standard InChI is InChI=1S/C7H15N3O/c1-3-9-7(11)10(2)6-4-8-5-6/h6,8H,3-5H2,1-2H3,(H,9,11). The van der Waals surface area contributed by atoms with E-state index < -0.39 is 0 Å². The normalized spacial score (nSPS) is 17.3. The molecule has 0 aromatic carbocycles. The molecule has 1 rings (SSSR count). The van der Waals surface area contributed by atoms with E-state index in [0.29, 0.717) is 12.6 Å². The number of rotatable bonds is 2. The first-order valence-corrected chi connectivity index (χ1v) is 3.97. The van der Waals surface area contributed by atoms with E-state index in [1.54, 1.807) is 4.90 Å². The van der Waals surface area contributed by atoms with E-state index in [9.17, 15) is 4.79 Å². The summed E-state index contributed by atoms with van der Waals surface area (Å²) in [5.74, 6) is 0. The Morgan fingerprint density at radius 1 is 1.73 bits per heavy atom. The van der Waals surface area contributed by atoms with Gasteiger partial charge < -0.3 is 15.5 Å². The lowest BCUT2D eigenvalue weighted by molar-refractivity contribution is 0.169. The van der Waals surface area contributed by atoms with E-state index in [0.717, 1.165) is 13.1 Å². The van der Waals surface area contributed by atoms with Crippen LogP contribution in [0.15, 0.2) is 0 Å². The fraction of sp³-hybridized carbons (Fsp3) is 0.857. The van der Waals surface area contributed by atoms with Gasteiger partial charge in [-0.2, -0.15) is 0 Å². The van der Waals surface area contributed by atoms with Crippen LogP contribution in [-0.4, -0.2) is 43.7 Å². The second kappa shape index (κ2) is 3.57. The van der Waals surface area contributed by atoms with Gasteiger partial charge in [0.2, 0.25) is 0 Å². The smallest absolute Gasteiger partial charge is 0.317 e. The van der Waals surface area contributed by atoms with Gasteiger partial charge in [-0.05, 0) is 6.92 Å². The summed E-state index contributed by atoms with van der Waals surface area (Å²) in [5.41, 5.74) is 0. The van der Waals surface area contributed by atoms with Crippen LogP contribution in [-0.2, 0) is 0 Å². The highest BCUT2D eigenvalue weighted by atomic mass is 16.2. The van der Waals surface area contributed by atoms with Crippen LogP contribution in [0.1, 0.15) is 6.92 Å². The van der Waals surface area contributed by atoms with E-state index in [4.69, 9.17) is 0 Å². The first kappa shape index (κ1) is 8.33. The molecule has 64 valence electrons. The number of urea groups is 1. The van der Waals surface area contributed by atoms with Crippen molar-refractivity contribution < 1.29 is 4.79 Å². The lowest BCUT2D eigenvalue weighted by Gasteiger charge is -2.35. The molecule has 1 aliphatic rings. The number of hydrogen-bond donors (Lipinski definition) is 2. The highest BCUT2D eigenvalue weighted by Gasteiger charge is 2.24. The Morgan fingerprint density at radius 2 is 2.36 bits per heavy atom. The third-order valence-electron chi connectivity index (χ3n) is 1.96. The maximum atomic E-state index is 11.2. The molecule has 0 atom stereocenters. The van der Waals surface area contributed by atoms with Gasteiger partial charge in [0.1, 0.15) is 0 Å². The highest BCUT2D eigenvalue weighted by molar-refractivity contribution is 5.74. The van der Waals surface area contributed by atoms with E-state index in [-0.39, 0.29) is 6.03 Å². The van der Waals surface area contributed by atoms with Crippen molar-refractivity contribution in [1.29, 1.82) is 0 Å². The van der Waals surface area contributed by atoms with Gasteiger partial charge >= 0.3 is 6.03 Å². The molecule has 4 heteroatoms. The molecule has 1 fully saturated rings. The Balaban J connectivity index is 2.27. The molecule has 0 spiro atoms. The molecule has 0 saturated carbocycles. The molecule has 11 heavy (non-hydrogen) atoms. The molecule has 0 aromatic rings. The number of likely N-dealkylation sites (N-methyl/N-ethyl adjacent to an activating group) is 1. The number of carbonyl (C=O) groups is 1. The Bertz CT molecular complexity index is 145. The Hall–Kier alpha value is -0.770. The summed E-state index contributed by atoms with van der Waals surface area (Å²) in [6, 6.07) is 0.417. The van der Waals surface area contributed by atoms with Crippen molar-refractivity contribution in [1.82, 2.24) is 15.5 Å². The minimum atomic E-state index is 0.0269. The second-order valence-corrected chi connectivity index (χ2v) is 2.76. The summed E-state index contributed by atoms with van der Waals surface area (Å²) in [4.78, 5) is 12.9. The molecule has 4 nitrogen and oxygen atoms in total. The van der Waals surface area contributed by atoms with Gasteiger partial charge in [0.15, 0.2) is 0 Å². The molecule has 0 aromatic heterocycles. The van der Waals surface area contributed by atoms with Crippen LogP contribution < -0.4 is 10.6 Å². The summed E-state index contributed by atoms with van der Waals surface area (Å²) >= 11 is 0. The Morgan fingerprint density at radius 3 is 2.73 bits per heavy atom. The fourth-order valence-corrected chi connectivity index (χ4v) is 0.989. The number of hydrogen-bond acceptors (Lipinski definition) is 2. The van der Waals surface area contributed by atoms with Crippen LogP contribution in [0.2, 0.25) is 0 Å². The van der Waals surface area contributed by atoms with Crippen molar-refractivity contribution in [2.45, 2.75) is 13.0 Å². The van der Waals surface area contributed by atoms with Crippen molar-refractivity contribution in [3.05, 3.63) is 0 Å². The van der Waals surface area contributed by atoms with Crippen LogP contribution in [0.5, 0.6) is 0 Å². The van der Waals surface area contributed by atoms with Gasteiger partial charge in [0, 0.05) is 26.7 Å². The maximum Gasteiger partial charge on any atom is 0.317 e. The zero-order chi connectivity index (χ0) is 8.27. The average Bonchev–Trinajstić information content (AvgIpc) is 1.84. The first-order chi connectivity index (χ1) is 5.25. The topological polar surface area (TPSA) is 44.4 Å². The quantitative estimate of drug-likeness (QED) is 0.574. The van der Waals surface area contributed by atoms with E-state index in [1.807, 2.05) is 14.0 Å². The van der Waals surface area contributed by atoms with Crippen LogP contribution in [0.4, 0.5) is 4.79 Å². The van der Waals surface area contributed by atoms with E-state index >= 15 is 0 Å². The summed E-state index contributed by atoms with van der Waals surface area (Å²) < 4.78 is 0. The van der Waals surface area contributed by atoms with Gasteiger partial charge in [0.05, 0.1) is 6.04 Å². The molecular formula is C7H15N3O. The Kier molecular flexibility index (Phi) is 2.70. The molecule has 0 aliphatic carbocycles. The van der Waals surface area contributed by atoms with E-state index in [2.05, 4.69) is 10.6 Å². The van der Waals surface area contributed by atoms with Gasteiger partial charge in [-0.15, -0.1) is 0 Å². The molecule has 1 saturated heterocycles. The zero-order valence-corrected chi connectivity index (χ0v) is 7.05. The van der Waals surface area contributed by atoms with Crippen molar-refractivity contribution in [3.63, 3.8) is 0 Å². The van der Waals surface area contributed by atoms with Crippen molar-refractivity contribution in [2.24, 2.45) is 0 Å². The van der Waals surface area contributed by atoms with Gasteiger partial charge in [-0.1, -0.05) is 0 Å². The summed E-state index contributed by atoms with van der Waals surface area (Å²) in [5, 5.41) is 5.87. The number of nitrogens with zero attached hydrogens (tertiary/aromatic N) is 1. The second-order valence-electron chi connectivity index (χ2n) is 2.76. The van der Waals surface area contributed by atoms with Crippen molar-refractivity contribution in [3.8, 4) is 0 Å². The van der Waals surface area contributed by atoms with Crippen LogP contribution >= 0.6 is 0 Å². The molecule has 2 amide bonds. The van der Waals surface area contributed by atoms with Crippen molar-refractivity contribution in [2.75, 3.05) is 26.7 Å². The minimum Gasteiger partial charge on any atom is -0.338 e. The Labute approximate surface area is 66.9 Å². The third kappa shape index (κ3) is 1.83. The van der Waals surface area contributed by atoms with Gasteiger partial charge in [0.25, 0.3) is 0 Å². The first-order valence-electron chi connectivity index (χ1n) is 3.97. The monoisotopic (exact) mass is 157 g/mol. The van der Waals surface area contributed by atoms with Crippen LogP contribution in [0, 0.1) is 0 Å². The fourth-order valence-electron chi connectivity index (χ4n) is 0.989.